The van der Waals surface area contributed by atoms with Crippen LogP contribution >= 0.6 is 0 Å². The van der Waals surface area contributed by atoms with Gasteiger partial charge in [-0.2, -0.15) is 8.42 Å². The second kappa shape index (κ2) is 11.9. The minimum absolute atomic E-state index is 0.0640. The Labute approximate surface area is 180 Å². The molecule has 7 heteroatoms. The molecule has 30 heavy (non-hydrogen) atoms. The van der Waals surface area contributed by atoms with E-state index >= 15 is 0 Å². The van der Waals surface area contributed by atoms with E-state index in [1.54, 1.807) is 25.1 Å². The molecule has 0 saturated carbocycles. The van der Waals surface area contributed by atoms with Gasteiger partial charge in [-0.05, 0) is 37.8 Å². The molecule has 1 unspecified atom stereocenters. The molecule has 6 nitrogen and oxygen atoms in total. The molecule has 0 aromatic heterocycles. The highest BCUT2D eigenvalue weighted by atomic mass is 32.2. The number of nitrogens with zero attached hydrogens (tertiary/aromatic N) is 1. The minimum atomic E-state index is -4.04. The summed E-state index contributed by atoms with van der Waals surface area (Å²) in [6.07, 6.45) is 6.55. The average molecular weight is 436 g/mol. The third kappa shape index (κ3) is 6.69. The van der Waals surface area contributed by atoms with Crippen molar-refractivity contribution in [1.82, 2.24) is 0 Å². The normalized spacial score (nSPS) is 17.9. The van der Waals surface area contributed by atoms with Crippen LogP contribution < -0.4 is 0 Å². The van der Waals surface area contributed by atoms with Gasteiger partial charge in [0.25, 0.3) is 0 Å². The van der Waals surface area contributed by atoms with Crippen molar-refractivity contribution in [3.63, 3.8) is 0 Å². The summed E-state index contributed by atoms with van der Waals surface area (Å²) in [5.41, 5.74) is 0.694. The number of oxime groups is 1. The molecule has 1 aromatic carbocycles. The lowest BCUT2D eigenvalue weighted by Gasteiger charge is -2.26. The third-order valence-corrected chi connectivity index (χ3v) is 6.41. The standard InChI is InChI=1S/C23H33NO5S/c1-4-7-8-10-13-18-16-21(25)23(20(5-2)24-28-6-3)22(17-18)29-30(26,27)19-14-11-9-12-15-19/h9,11-12,14-15,18H,4-8,10,13,16-17H2,1-3H3/b24-20-. The van der Waals surface area contributed by atoms with Gasteiger partial charge in [0, 0.05) is 12.8 Å². The number of carbonyl (C=O) groups excluding carboxylic acids is 1. The first-order valence-corrected chi connectivity index (χ1v) is 12.3. The smallest absolute Gasteiger partial charge is 0.338 e. The van der Waals surface area contributed by atoms with E-state index in [9.17, 15) is 13.2 Å². The summed E-state index contributed by atoms with van der Waals surface area (Å²) in [6, 6.07) is 7.99. The fourth-order valence-electron chi connectivity index (χ4n) is 3.61. The summed E-state index contributed by atoms with van der Waals surface area (Å²) in [4.78, 5) is 18.3. The number of Topliss-reactive ketones (excluding diaryl/α,β-unsaturated/α-hetero) is 1. The quantitative estimate of drug-likeness (QED) is 0.190. The first kappa shape index (κ1) is 24.1. The zero-order valence-electron chi connectivity index (χ0n) is 18.2. The number of unbranched alkanes of at least 4 members (excludes halogenated alkanes) is 3. The summed E-state index contributed by atoms with van der Waals surface area (Å²) >= 11 is 0. The van der Waals surface area contributed by atoms with E-state index in [0.717, 1.165) is 32.1 Å². The lowest BCUT2D eigenvalue weighted by Crippen LogP contribution is -2.27. The lowest BCUT2D eigenvalue weighted by molar-refractivity contribution is -0.116. The fraction of sp³-hybridized carbons (Fsp3) is 0.565. The maximum absolute atomic E-state index is 13.0. The van der Waals surface area contributed by atoms with Gasteiger partial charge in [-0.15, -0.1) is 0 Å². The summed E-state index contributed by atoms with van der Waals surface area (Å²) in [6.45, 7) is 6.18. The van der Waals surface area contributed by atoms with Crippen LogP contribution in [0.3, 0.4) is 0 Å². The van der Waals surface area contributed by atoms with Crippen LogP contribution in [0.4, 0.5) is 0 Å². The van der Waals surface area contributed by atoms with Gasteiger partial charge >= 0.3 is 10.1 Å². The molecule has 0 saturated heterocycles. The van der Waals surface area contributed by atoms with Gasteiger partial charge in [0.15, 0.2) is 5.78 Å². The second-order valence-corrected chi connectivity index (χ2v) is 9.05. The Morgan fingerprint density at radius 1 is 1.07 bits per heavy atom. The van der Waals surface area contributed by atoms with Crippen LogP contribution in [0.2, 0.25) is 0 Å². The highest BCUT2D eigenvalue weighted by Crippen LogP contribution is 2.34. The molecule has 0 fully saturated rings. The van der Waals surface area contributed by atoms with Crippen molar-refractivity contribution < 1.29 is 22.2 Å². The molecule has 0 aliphatic heterocycles. The Kier molecular flexibility index (Phi) is 9.56. The Morgan fingerprint density at radius 3 is 2.43 bits per heavy atom. The van der Waals surface area contributed by atoms with Gasteiger partial charge in [0.2, 0.25) is 0 Å². The van der Waals surface area contributed by atoms with E-state index in [4.69, 9.17) is 9.02 Å². The minimum Gasteiger partial charge on any atom is -0.396 e. The number of ketones is 1. The molecule has 166 valence electrons. The number of benzene rings is 1. The van der Waals surface area contributed by atoms with Crippen LogP contribution in [-0.2, 0) is 23.9 Å². The average Bonchev–Trinajstić information content (AvgIpc) is 2.73. The van der Waals surface area contributed by atoms with Gasteiger partial charge in [-0.25, -0.2) is 0 Å². The molecule has 0 bridgehead atoms. The largest absolute Gasteiger partial charge is 0.396 e. The van der Waals surface area contributed by atoms with Crippen molar-refractivity contribution in [3.05, 3.63) is 41.7 Å². The molecule has 2 rings (SSSR count). The van der Waals surface area contributed by atoms with Crippen LogP contribution in [0.5, 0.6) is 0 Å². The molecular weight excluding hydrogens is 402 g/mol. The van der Waals surface area contributed by atoms with E-state index in [-0.39, 0.29) is 27.9 Å². The molecule has 1 atom stereocenters. The monoisotopic (exact) mass is 435 g/mol. The molecule has 1 aromatic rings. The highest BCUT2D eigenvalue weighted by Gasteiger charge is 2.34. The van der Waals surface area contributed by atoms with E-state index in [0.29, 0.717) is 31.6 Å². The Hall–Kier alpha value is -2.15. The predicted molar refractivity (Wildman–Crippen MR) is 118 cm³/mol. The predicted octanol–water partition coefficient (Wildman–Crippen LogP) is 5.40. The molecule has 0 radical (unpaired) electrons. The first-order valence-electron chi connectivity index (χ1n) is 10.9. The van der Waals surface area contributed by atoms with Crippen LogP contribution in [0.25, 0.3) is 0 Å². The van der Waals surface area contributed by atoms with E-state index in [2.05, 4.69) is 12.1 Å². The number of hydrogen-bond donors (Lipinski definition) is 0. The summed E-state index contributed by atoms with van der Waals surface area (Å²) in [7, 11) is -4.04. The Morgan fingerprint density at radius 2 is 1.80 bits per heavy atom. The topological polar surface area (TPSA) is 82.0 Å². The van der Waals surface area contributed by atoms with Crippen LogP contribution in [0.1, 0.15) is 72.1 Å². The number of carbonyl (C=O) groups is 1. The number of rotatable bonds is 12. The number of allylic oxidation sites excluding steroid dienone is 2. The molecule has 1 aliphatic rings. The molecule has 0 N–H and O–H groups in total. The van der Waals surface area contributed by atoms with Crippen molar-refractivity contribution >= 4 is 21.6 Å². The summed E-state index contributed by atoms with van der Waals surface area (Å²) < 4.78 is 31.3. The second-order valence-electron chi connectivity index (χ2n) is 7.50. The van der Waals surface area contributed by atoms with Gasteiger partial charge in [-0.1, -0.05) is 62.9 Å². The lowest BCUT2D eigenvalue weighted by atomic mass is 9.82. The van der Waals surface area contributed by atoms with E-state index < -0.39 is 10.1 Å². The van der Waals surface area contributed by atoms with E-state index in [1.807, 2.05) is 6.92 Å². The van der Waals surface area contributed by atoms with Crippen LogP contribution in [0.15, 0.2) is 51.7 Å². The molecule has 1 aliphatic carbocycles. The molecule has 0 amide bonds. The molecule has 0 spiro atoms. The van der Waals surface area contributed by atoms with E-state index in [1.165, 1.54) is 12.1 Å². The summed E-state index contributed by atoms with van der Waals surface area (Å²) in [5.74, 6) is 0.139. The van der Waals surface area contributed by atoms with Crippen molar-refractivity contribution in [2.45, 2.75) is 77.0 Å². The highest BCUT2D eigenvalue weighted by molar-refractivity contribution is 7.86. The zero-order valence-corrected chi connectivity index (χ0v) is 19.0. The van der Waals surface area contributed by atoms with Crippen molar-refractivity contribution in [2.75, 3.05) is 6.61 Å². The third-order valence-electron chi connectivity index (χ3n) is 5.14. The first-order chi connectivity index (χ1) is 14.4. The fourth-order valence-corrected chi connectivity index (χ4v) is 4.62. The van der Waals surface area contributed by atoms with Crippen molar-refractivity contribution in [3.8, 4) is 0 Å². The maximum Gasteiger partial charge on any atom is 0.338 e. The van der Waals surface area contributed by atoms with Crippen LogP contribution in [0, 0.1) is 5.92 Å². The SMILES string of the molecule is CCCCCCC1CC(=O)C(/C(CC)=N\OCC)=C(OS(=O)(=O)c2ccccc2)C1. The van der Waals surface area contributed by atoms with Crippen molar-refractivity contribution in [1.29, 1.82) is 0 Å². The summed E-state index contributed by atoms with van der Waals surface area (Å²) in [5, 5.41) is 4.06. The van der Waals surface area contributed by atoms with Gasteiger partial charge < -0.3 is 9.02 Å². The van der Waals surface area contributed by atoms with Gasteiger partial charge in [-0.3, -0.25) is 4.79 Å². The zero-order chi connectivity index (χ0) is 22.0. The van der Waals surface area contributed by atoms with Crippen molar-refractivity contribution in [2.24, 2.45) is 11.1 Å². The number of hydrogen-bond acceptors (Lipinski definition) is 6. The Bertz CT molecular complexity index is 859. The van der Waals surface area contributed by atoms with Crippen LogP contribution in [-0.4, -0.2) is 26.5 Å². The molecule has 0 heterocycles. The van der Waals surface area contributed by atoms with Gasteiger partial charge in [0.05, 0.1) is 11.3 Å². The molecular formula is C23H33NO5S. The maximum atomic E-state index is 13.0. The van der Waals surface area contributed by atoms with Gasteiger partial charge in [0.1, 0.15) is 17.3 Å². The Balaban J connectivity index is 2.36.